The molecule has 20 heavy (non-hydrogen) atoms. The van der Waals surface area contributed by atoms with Crippen LogP contribution in [0.1, 0.15) is 28.7 Å². The summed E-state index contributed by atoms with van der Waals surface area (Å²) in [7, 11) is 0. The molecular formula is C17H13NaO2. The Morgan fingerprint density at radius 1 is 1.00 bits per heavy atom. The molecule has 0 radical (unpaired) electrons. The summed E-state index contributed by atoms with van der Waals surface area (Å²) >= 11 is 0. The first-order chi connectivity index (χ1) is 9.24. The number of aliphatic carboxylic acids is 1. The molecule has 2 nitrogen and oxygen atoms in total. The fraction of sp³-hybridized carbons (Fsp3) is 0.118. The number of benzene rings is 2. The minimum atomic E-state index is -1.04. The Balaban J connectivity index is 0.00000147. The maximum absolute atomic E-state index is 10.9. The molecule has 94 valence electrons. The second kappa shape index (κ2) is 6.40. The molecule has 0 N–H and O–H groups in total. The first-order valence-electron chi connectivity index (χ1n) is 6.30. The van der Waals surface area contributed by atoms with Crippen LogP contribution in [0, 0.1) is 0 Å². The van der Waals surface area contributed by atoms with Gasteiger partial charge in [-0.1, -0.05) is 54.6 Å². The SMILES string of the molecule is O=C([O-])CC1=Cc2ccccc2Cc2ccccc21.[Na+]. The Labute approximate surface area is 140 Å². The largest absolute Gasteiger partial charge is 1.00 e. The number of hydrogen-bond acceptors (Lipinski definition) is 2. The Bertz CT molecular complexity index is 674. The van der Waals surface area contributed by atoms with E-state index in [2.05, 4.69) is 12.1 Å². The average molecular weight is 272 g/mol. The van der Waals surface area contributed by atoms with Gasteiger partial charge in [-0.3, -0.25) is 0 Å². The molecule has 0 spiro atoms. The van der Waals surface area contributed by atoms with Crippen LogP contribution < -0.4 is 34.7 Å². The van der Waals surface area contributed by atoms with E-state index in [0.29, 0.717) is 0 Å². The summed E-state index contributed by atoms with van der Waals surface area (Å²) in [5, 5.41) is 10.9. The van der Waals surface area contributed by atoms with Gasteiger partial charge in [0.25, 0.3) is 0 Å². The summed E-state index contributed by atoms with van der Waals surface area (Å²) in [5.41, 5.74) is 5.32. The van der Waals surface area contributed by atoms with Gasteiger partial charge < -0.3 is 9.90 Å². The van der Waals surface area contributed by atoms with Gasteiger partial charge in [-0.2, -0.15) is 0 Å². The van der Waals surface area contributed by atoms with E-state index in [4.69, 9.17) is 0 Å². The first kappa shape index (κ1) is 15.0. The number of carboxylic acid groups (broad SMARTS) is 1. The monoisotopic (exact) mass is 272 g/mol. The van der Waals surface area contributed by atoms with Crippen LogP contribution >= 0.6 is 0 Å². The molecule has 0 aromatic heterocycles. The van der Waals surface area contributed by atoms with Crippen LogP contribution in [0.2, 0.25) is 0 Å². The smallest absolute Gasteiger partial charge is 0.550 e. The van der Waals surface area contributed by atoms with Crippen molar-refractivity contribution in [2.24, 2.45) is 0 Å². The molecule has 2 aromatic carbocycles. The average Bonchev–Trinajstić information content (AvgIpc) is 2.55. The quantitative estimate of drug-likeness (QED) is 0.677. The van der Waals surface area contributed by atoms with Crippen LogP contribution in [0.4, 0.5) is 0 Å². The van der Waals surface area contributed by atoms with Gasteiger partial charge in [0.2, 0.25) is 0 Å². The minimum Gasteiger partial charge on any atom is -0.550 e. The molecule has 3 heteroatoms. The summed E-state index contributed by atoms with van der Waals surface area (Å²) in [6.45, 7) is 0. The fourth-order valence-electron chi connectivity index (χ4n) is 2.60. The van der Waals surface area contributed by atoms with Gasteiger partial charge in [0, 0.05) is 12.4 Å². The number of fused-ring (bicyclic) bond motifs is 2. The number of carboxylic acids is 1. The maximum Gasteiger partial charge on any atom is 1.00 e. The van der Waals surface area contributed by atoms with E-state index < -0.39 is 5.97 Å². The maximum atomic E-state index is 10.9. The van der Waals surface area contributed by atoms with Crippen LogP contribution in [-0.2, 0) is 11.2 Å². The molecule has 0 saturated carbocycles. The van der Waals surface area contributed by atoms with Crippen molar-refractivity contribution in [3.8, 4) is 0 Å². The third kappa shape index (κ3) is 3.04. The van der Waals surface area contributed by atoms with Crippen LogP contribution in [-0.4, -0.2) is 5.97 Å². The van der Waals surface area contributed by atoms with Crippen LogP contribution in [0.25, 0.3) is 11.6 Å². The summed E-state index contributed by atoms with van der Waals surface area (Å²) in [4.78, 5) is 10.9. The molecule has 0 unspecified atom stereocenters. The summed E-state index contributed by atoms with van der Waals surface area (Å²) in [6, 6.07) is 16.1. The van der Waals surface area contributed by atoms with E-state index in [1.807, 2.05) is 42.5 Å². The Hall–Kier alpha value is -1.35. The van der Waals surface area contributed by atoms with E-state index in [1.165, 1.54) is 11.1 Å². The molecule has 0 aliphatic heterocycles. The molecule has 0 bridgehead atoms. The number of rotatable bonds is 2. The summed E-state index contributed by atoms with van der Waals surface area (Å²) in [5.74, 6) is -1.04. The fourth-order valence-corrected chi connectivity index (χ4v) is 2.60. The van der Waals surface area contributed by atoms with Gasteiger partial charge in [-0.05, 0) is 34.2 Å². The minimum absolute atomic E-state index is 0. The molecule has 0 atom stereocenters. The number of hydrogen-bond donors (Lipinski definition) is 0. The van der Waals surface area contributed by atoms with E-state index in [0.717, 1.165) is 23.1 Å². The normalized spacial score (nSPS) is 12.3. The van der Waals surface area contributed by atoms with Crippen molar-refractivity contribution >= 4 is 17.6 Å². The Morgan fingerprint density at radius 2 is 1.65 bits per heavy atom. The summed E-state index contributed by atoms with van der Waals surface area (Å²) < 4.78 is 0. The van der Waals surface area contributed by atoms with Crippen molar-refractivity contribution in [1.29, 1.82) is 0 Å². The Morgan fingerprint density at radius 3 is 2.40 bits per heavy atom. The second-order valence-corrected chi connectivity index (χ2v) is 4.75. The van der Waals surface area contributed by atoms with Gasteiger partial charge in [-0.15, -0.1) is 0 Å². The molecule has 1 aliphatic carbocycles. The number of carbonyl (C=O) groups is 1. The topological polar surface area (TPSA) is 40.1 Å². The predicted molar refractivity (Wildman–Crippen MR) is 73.2 cm³/mol. The zero-order valence-electron chi connectivity index (χ0n) is 11.4. The van der Waals surface area contributed by atoms with Gasteiger partial charge in [0.05, 0.1) is 0 Å². The van der Waals surface area contributed by atoms with Gasteiger partial charge in [0.1, 0.15) is 0 Å². The predicted octanol–water partition coefficient (Wildman–Crippen LogP) is -0.725. The summed E-state index contributed by atoms with van der Waals surface area (Å²) in [6.07, 6.45) is 2.75. The van der Waals surface area contributed by atoms with Gasteiger partial charge in [-0.25, -0.2) is 0 Å². The van der Waals surface area contributed by atoms with Crippen LogP contribution in [0.5, 0.6) is 0 Å². The van der Waals surface area contributed by atoms with E-state index in [1.54, 1.807) is 0 Å². The van der Waals surface area contributed by atoms with Crippen LogP contribution in [0.3, 0.4) is 0 Å². The van der Waals surface area contributed by atoms with E-state index in [9.17, 15) is 9.90 Å². The van der Waals surface area contributed by atoms with Crippen LogP contribution in [0.15, 0.2) is 48.5 Å². The zero-order chi connectivity index (χ0) is 13.2. The second-order valence-electron chi connectivity index (χ2n) is 4.75. The van der Waals surface area contributed by atoms with Crippen molar-refractivity contribution in [3.63, 3.8) is 0 Å². The van der Waals surface area contributed by atoms with E-state index in [-0.39, 0.29) is 36.0 Å². The molecule has 1 aliphatic rings. The molecular weight excluding hydrogens is 259 g/mol. The third-order valence-corrected chi connectivity index (χ3v) is 3.46. The zero-order valence-corrected chi connectivity index (χ0v) is 13.4. The first-order valence-corrected chi connectivity index (χ1v) is 6.30. The Kier molecular flexibility index (Phi) is 4.81. The van der Waals surface area contributed by atoms with Gasteiger partial charge >= 0.3 is 29.6 Å². The standard InChI is InChI=1S/C17H14O2.Na/c18-17(19)11-15-10-13-6-2-1-5-12(13)9-14-7-3-4-8-16(14)15;/h1-8,10H,9,11H2,(H,18,19);/q;+1/p-1. The van der Waals surface area contributed by atoms with Gasteiger partial charge in [0.15, 0.2) is 0 Å². The number of carbonyl (C=O) groups excluding carboxylic acids is 1. The van der Waals surface area contributed by atoms with Crippen molar-refractivity contribution < 1.29 is 39.5 Å². The molecule has 2 aromatic rings. The molecule has 0 saturated heterocycles. The van der Waals surface area contributed by atoms with E-state index >= 15 is 0 Å². The molecule has 0 heterocycles. The third-order valence-electron chi connectivity index (χ3n) is 3.46. The van der Waals surface area contributed by atoms with Crippen molar-refractivity contribution in [2.45, 2.75) is 12.8 Å². The molecule has 3 rings (SSSR count). The molecule has 0 fully saturated rings. The van der Waals surface area contributed by atoms with Crippen molar-refractivity contribution in [1.82, 2.24) is 0 Å². The van der Waals surface area contributed by atoms with Crippen molar-refractivity contribution in [3.05, 3.63) is 70.8 Å². The molecule has 0 amide bonds. The van der Waals surface area contributed by atoms with Crippen molar-refractivity contribution in [2.75, 3.05) is 0 Å².